The maximum atomic E-state index is 12.9. The maximum Gasteiger partial charge on any atom is 0.253 e. The number of benzene rings is 2. The number of rotatable bonds is 7. The van der Waals surface area contributed by atoms with Crippen molar-refractivity contribution in [2.45, 2.75) is 26.3 Å². The molecular weight excluding hydrogens is 490 g/mol. The van der Waals surface area contributed by atoms with E-state index in [1.807, 2.05) is 28.6 Å². The average Bonchev–Trinajstić information content (AvgIpc) is 3.33. The fourth-order valence-corrected chi connectivity index (χ4v) is 5.35. The minimum atomic E-state index is -0.0434. The maximum absolute atomic E-state index is 12.9. The predicted molar refractivity (Wildman–Crippen MR) is 144 cm³/mol. The number of aryl methyl sites for hydroxylation is 1. The lowest BCUT2D eigenvalue weighted by Gasteiger charge is -2.32. The fourth-order valence-electron chi connectivity index (χ4n) is 5.23. The summed E-state index contributed by atoms with van der Waals surface area (Å²) in [4.78, 5) is 29.9. The second kappa shape index (κ2) is 11.6. The van der Waals surface area contributed by atoms with Crippen molar-refractivity contribution in [2.24, 2.45) is 5.92 Å². The van der Waals surface area contributed by atoms with Crippen LogP contribution in [0.1, 0.15) is 39.1 Å². The Labute approximate surface area is 222 Å². The first-order valence-electron chi connectivity index (χ1n) is 13.1. The van der Waals surface area contributed by atoms with Gasteiger partial charge in [0.2, 0.25) is 0 Å². The van der Waals surface area contributed by atoms with Crippen LogP contribution in [0.3, 0.4) is 0 Å². The molecule has 9 heteroatoms. The van der Waals surface area contributed by atoms with Crippen LogP contribution in [0.15, 0.2) is 42.6 Å². The van der Waals surface area contributed by atoms with Gasteiger partial charge in [-0.2, -0.15) is 5.10 Å². The van der Waals surface area contributed by atoms with E-state index in [9.17, 15) is 9.59 Å². The lowest BCUT2D eigenvalue weighted by atomic mass is 9.96. The second-order valence-electron chi connectivity index (χ2n) is 9.97. The standard InChI is InChI=1S/C28H34ClN5O3/c1-20-24(27(35)30-10-13-32-14-16-37-17-15-32)6-7-26-25(20)19-34(31-26)18-21-8-11-33(12-9-21)28(36)22-2-4-23(29)5-3-22/h2-7,19,21H,8-18H2,1H3,(H,30,35). The highest BCUT2D eigenvalue weighted by molar-refractivity contribution is 6.30. The summed E-state index contributed by atoms with van der Waals surface area (Å²) in [6.07, 6.45) is 3.93. The zero-order valence-electron chi connectivity index (χ0n) is 21.3. The van der Waals surface area contributed by atoms with Gasteiger partial charge in [0.1, 0.15) is 0 Å². The van der Waals surface area contributed by atoms with Gasteiger partial charge in [-0.05, 0) is 67.6 Å². The summed E-state index contributed by atoms with van der Waals surface area (Å²) < 4.78 is 7.38. The van der Waals surface area contributed by atoms with Crippen molar-refractivity contribution in [1.29, 1.82) is 0 Å². The van der Waals surface area contributed by atoms with E-state index in [1.165, 1.54) is 0 Å². The third-order valence-corrected chi connectivity index (χ3v) is 7.76. The molecule has 2 aliphatic rings. The number of piperidine rings is 1. The number of carbonyl (C=O) groups is 2. The van der Waals surface area contributed by atoms with Crippen LogP contribution in [0.5, 0.6) is 0 Å². The van der Waals surface area contributed by atoms with E-state index in [0.717, 1.165) is 81.8 Å². The number of morpholine rings is 1. The van der Waals surface area contributed by atoms with Crippen molar-refractivity contribution in [1.82, 2.24) is 24.9 Å². The predicted octanol–water partition coefficient (Wildman–Crippen LogP) is 3.61. The summed E-state index contributed by atoms with van der Waals surface area (Å²) in [7, 11) is 0. The highest BCUT2D eigenvalue weighted by atomic mass is 35.5. The summed E-state index contributed by atoms with van der Waals surface area (Å²) in [5.74, 6) is 0.469. The molecule has 0 radical (unpaired) electrons. The topological polar surface area (TPSA) is 79.7 Å². The van der Waals surface area contributed by atoms with Crippen LogP contribution in [0.4, 0.5) is 0 Å². The molecule has 0 spiro atoms. The molecular formula is C28H34ClN5O3. The molecule has 0 aliphatic carbocycles. The number of likely N-dealkylation sites (tertiary alicyclic amines) is 1. The largest absolute Gasteiger partial charge is 0.379 e. The van der Waals surface area contributed by atoms with Crippen LogP contribution in [-0.2, 0) is 11.3 Å². The highest BCUT2D eigenvalue weighted by Crippen LogP contribution is 2.25. The van der Waals surface area contributed by atoms with Gasteiger partial charge in [0.15, 0.2) is 0 Å². The number of hydrogen-bond donors (Lipinski definition) is 1. The Balaban J connectivity index is 1.16. The van der Waals surface area contributed by atoms with Crippen LogP contribution in [0.25, 0.3) is 10.9 Å². The van der Waals surface area contributed by atoms with E-state index in [1.54, 1.807) is 24.3 Å². The van der Waals surface area contributed by atoms with Crippen LogP contribution >= 0.6 is 11.6 Å². The van der Waals surface area contributed by atoms with Crippen LogP contribution in [0, 0.1) is 12.8 Å². The van der Waals surface area contributed by atoms with Crippen LogP contribution in [-0.4, -0.2) is 83.9 Å². The number of halogens is 1. The number of fused-ring (bicyclic) bond motifs is 1. The van der Waals surface area contributed by atoms with Gasteiger partial charge in [0.05, 0.1) is 18.7 Å². The Hall–Kier alpha value is -2.94. The van der Waals surface area contributed by atoms with Crippen molar-refractivity contribution in [3.05, 3.63) is 64.3 Å². The van der Waals surface area contributed by atoms with E-state index in [2.05, 4.69) is 16.4 Å². The molecule has 8 nitrogen and oxygen atoms in total. The number of nitrogens with zero attached hydrogens (tertiary/aromatic N) is 4. The molecule has 0 unspecified atom stereocenters. The Bertz CT molecular complexity index is 1240. The molecule has 0 bridgehead atoms. The molecule has 2 aromatic carbocycles. The van der Waals surface area contributed by atoms with Crippen molar-refractivity contribution in [2.75, 3.05) is 52.5 Å². The van der Waals surface area contributed by atoms with E-state index < -0.39 is 0 Å². The van der Waals surface area contributed by atoms with E-state index in [-0.39, 0.29) is 11.8 Å². The highest BCUT2D eigenvalue weighted by Gasteiger charge is 2.24. The lowest BCUT2D eigenvalue weighted by Crippen LogP contribution is -2.41. The monoisotopic (exact) mass is 523 g/mol. The van der Waals surface area contributed by atoms with Gasteiger partial charge in [-0.15, -0.1) is 0 Å². The average molecular weight is 524 g/mol. The van der Waals surface area contributed by atoms with Gasteiger partial charge >= 0.3 is 0 Å². The van der Waals surface area contributed by atoms with Crippen LogP contribution in [0.2, 0.25) is 5.02 Å². The Morgan fingerprint density at radius 2 is 1.78 bits per heavy atom. The molecule has 2 amide bonds. The molecule has 5 rings (SSSR count). The molecule has 0 atom stereocenters. The number of ether oxygens (including phenoxy) is 1. The molecule has 0 saturated carbocycles. The minimum absolute atomic E-state index is 0.0434. The first-order valence-corrected chi connectivity index (χ1v) is 13.5. The van der Waals surface area contributed by atoms with Crippen LogP contribution < -0.4 is 5.32 Å². The quantitative estimate of drug-likeness (QED) is 0.512. The van der Waals surface area contributed by atoms with Gasteiger partial charge in [-0.25, -0.2) is 0 Å². The van der Waals surface area contributed by atoms with Gasteiger partial charge in [-0.3, -0.25) is 19.2 Å². The number of amides is 2. The van der Waals surface area contributed by atoms with Gasteiger partial charge < -0.3 is 15.0 Å². The van der Waals surface area contributed by atoms with E-state index in [0.29, 0.717) is 28.6 Å². The van der Waals surface area contributed by atoms with Crippen molar-refractivity contribution in [3.8, 4) is 0 Å². The molecule has 2 aliphatic heterocycles. The third-order valence-electron chi connectivity index (χ3n) is 7.51. The zero-order valence-corrected chi connectivity index (χ0v) is 22.0. The first-order chi connectivity index (χ1) is 18.0. The smallest absolute Gasteiger partial charge is 0.253 e. The van der Waals surface area contributed by atoms with Crippen molar-refractivity contribution >= 4 is 34.3 Å². The number of carbonyl (C=O) groups excluding carboxylic acids is 2. The molecule has 3 heterocycles. The van der Waals surface area contributed by atoms with Gasteiger partial charge in [0, 0.05) is 73.5 Å². The number of nitrogens with one attached hydrogen (secondary N) is 1. The SMILES string of the molecule is Cc1c(C(=O)NCCN2CCOCC2)ccc2nn(CC3CCN(C(=O)c4ccc(Cl)cc4)CC3)cc12. The molecule has 3 aromatic rings. The summed E-state index contributed by atoms with van der Waals surface area (Å²) in [6.45, 7) is 9.07. The Morgan fingerprint density at radius 3 is 2.51 bits per heavy atom. The molecule has 2 saturated heterocycles. The van der Waals surface area contributed by atoms with Crippen molar-refractivity contribution in [3.63, 3.8) is 0 Å². The Morgan fingerprint density at radius 1 is 1.05 bits per heavy atom. The summed E-state index contributed by atoms with van der Waals surface area (Å²) in [5.41, 5.74) is 3.23. The summed E-state index contributed by atoms with van der Waals surface area (Å²) in [6, 6.07) is 10.9. The first kappa shape index (κ1) is 25.7. The second-order valence-corrected chi connectivity index (χ2v) is 10.4. The zero-order chi connectivity index (χ0) is 25.8. The number of aromatic nitrogens is 2. The van der Waals surface area contributed by atoms with E-state index >= 15 is 0 Å². The lowest BCUT2D eigenvalue weighted by molar-refractivity contribution is 0.0383. The molecule has 196 valence electrons. The molecule has 1 N–H and O–H groups in total. The molecule has 2 fully saturated rings. The van der Waals surface area contributed by atoms with Crippen molar-refractivity contribution < 1.29 is 14.3 Å². The third kappa shape index (κ3) is 6.14. The van der Waals surface area contributed by atoms with Gasteiger partial charge in [0.25, 0.3) is 11.8 Å². The summed E-state index contributed by atoms with van der Waals surface area (Å²) >= 11 is 5.95. The molecule has 37 heavy (non-hydrogen) atoms. The minimum Gasteiger partial charge on any atom is -0.379 e. The van der Waals surface area contributed by atoms with Gasteiger partial charge in [-0.1, -0.05) is 11.6 Å². The number of hydrogen-bond acceptors (Lipinski definition) is 5. The Kier molecular flexibility index (Phi) is 8.08. The normalized spacial score (nSPS) is 17.3. The van der Waals surface area contributed by atoms with E-state index in [4.69, 9.17) is 21.4 Å². The molecule has 1 aromatic heterocycles. The summed E-state index contributed by atoms with van der Waals surface area (Å²) in [5, 5.41) is 9.48. The fraction of sp³-hybridized carbons (Fsp3) is 0.464.